The van der Waals surface area contributed by atoms with Crippen molar-refractivity contribution in [3.8, 4) is 6.07 Å². The molecule has 1 heterocycles. The van der Waals surface area contributed by atoms with Crippen molar-refractivity contribution in [3.05, 3.63) is 95.2 Å². The maximum absolute atomic E-state index is 9.33. The standard InChI is InChI=1S/C20H17N3/c1-15-12-13-18(14-21)20(22-15)23-19(16-8-4-2-5-9-16)17-10-6-3-7-11-17/h2-13,19H,1H3,(H,22,23). The molecule has 0 aliphatic heterocycles. The Labute approximate surface area is 136 Å². The molecule has 3 rings (SSSR count). The first-order valence-corrected chi connectivity index (χ1v) is 7.52. The summed E-state index contributed by atoms with van der Waals surface area (Å²) in [6.45, 7) is 1.92. The second kappa shape index (κ2) is 6.76. The molecule has 3 nitrogen and oxygen atoms in total. The topological polar surface area (TPSA) is 48.7 Å². The summed E-state index contributed by atoms with van der Waals surface area (Å²) in [6.07, 6.45) is 0. The maximum Gasteiger partial charge on any atom is 0.144 e. The summed E-state index contributed by atoms with van der Waals surface area (Å²) in [5.41, 5.74) is 3.69. The Morgan fingerprint density at radius 1 is 0.870 bits per heavy atom. The van der Waals surface area contributed by atoms with Crippen LogP contribution in [-0.2, 0) is 0 Å². The first-order chi connectivity index (χ1) is 11.3. The average molecular weight is 299 g/mol. The van der Waals surface area contributed by atoms with Crippen molar-refractivity contribution >= 4 is 5.82 Å². The number of aromatic nitrogens is 1. The first kappa shape index (κ1) is 14.8. The van der Waals surface area contributed by atoms with Crippen LogP contribution in [0.4, 0.5) is 5.82 Å². The minimum absolute atomic E-state index is 0.0567. The van der Waals surface area contributed by atoms with Gasteiger partial charge in [0, 0.05) is 5.69 Å². The summed E-state index contributed by atoms with van der Waals surface area (Å²) in [5.74, 6) is 0.616. The van der Waals surface area contributed by atoms with E-state index in [0.717, 1.165) is 16.8 Å². The van der Waals surface area contributed by atoms with Crippen molar-refractivity contribution in [2.45, 2.75) is 13.0 Å². The molecule has 0 spiro atoms. The van der Waals surface area contributed by atoms with E-state index in [0.29, 0.717) is 11.4 Å². The van der Waals surface area contributed by atoms with Gasteiger partial charge < -0.3 is 5.32 Å². The first-order valence-electron chi connectivity index (χ1n) is 7.52. The molecule has 3 heteroatoms. The molecule has 23 heavy (non-hydrogen) atoms. The Kier molecular flexibility index (Phi) is 4.35. The quantitative estimate of drug-likeness (QED) is 0.773. The zero-order valence-electron chi connectivity index (χ0n) is 12.9. The minimum Gasteiger partial charge on any atom is -0.358 e. The lowest BCUT2D eigenvalue weighted by Crippen LogP contribution is -2.14. The molecule has 0 amide bonds. The van der Waals surface area contributed by atoms with Crippen LogP contribution in [-0.4, -0.2) is 4.98 Å². The Morgan fingerprint density at radius 3 is 1.96 bits per heavy atom. The van der Waals surface area contributed by atoms with Gasteiger partial charge in [0.25, 0.3) is 0 Å². The van der Waals surface area contributed by atoms with E-state index in [1.54, 1.807) is 6.07 Å². The Balaban J connectivity index is 2.04. The molecule has 3 aromatic rings. The minimum atomic E-state index is -0.0567. The van der Waals surface area contributed by atoms with Gasteiger partial charge >= 0.3 is 0 Å². The van der Waals surface area contributed by atoms with Crippen molar-refractivity contribution < 1.29 is 0 Å². The molecule has 112 valence electrons. The van der Waals surface area contributed by atoms with Crippen LogP contribution in [0.3, 0.4) is 0 Å². The number of pyridine rings is 1. The predicted molar refractivity (Wildman–Crippen MR) is 92.0 cm³/mol. The summed E-state index contributed by atoms with van der Waals surface area (Å²) in [7, 11) is 0. The number of benzene rings is 2. The second-order valence-corrected chi connectivity index (χ2v) is 5.36. The molecule has 0 saturated heterocycles. The van der Waals surface area contributed by atoms with E-state index in [-0.39, 0.29) is 6.04 Å². The van der Waals surface area contributed by atoms with Crippen LogP contribution < -0.4 is 5.32 Å². The highest BCUT2D eigenvalue weighted by Gasteiger charge is 2.16. The van der Waals surface area contributed by atoms with Crippen molar-refractivity contribution in [1.82, 2.24) is 4.98 Å². The third-order valence-corrected chi connectivity index (χ3v) is 3.70. The number of nitrogens with one attached hydrogen (secondary N) is 1. The van der Waals surface area contributed by atoms with Crippen LogP contribution in [0.15, 0.2) is 72.8 Å². The van der Waals surface area contributed by atoms with Crippen LogP contribution in [0.1, 0.15) is 28.4 Å². The Bertz CT molecular complexity index is 781. The summed E-state index contributed by atoms with van der Waals surface area (Å²) in [6, 6.07) is 26.2. The molecule has 1 N–H and O–H groups in total. The molecular weight excluding hydrogens is 282 g/mol. The van der Waals surface area contributed by atoms with Crippen molar-refractivity contribution in [2.75, 3.05) is 5.32 Å². The molecule has 0 fully saturated rings. The number of anilines is 1. The monoisotopic (exact) mass is 299 g/mol. The highest BCUT2D eigenvalue weighted by molar-refractivity contribution is 5.55. The molecule has 0 radical (unpaired) electrons. The van der Waals surface area contributed by atoms with E-state index in [1.807, 2.05) is 49.4 Å². The van der Waals surface area contributed by atoms with E-state index in [9.17, 15) is 5.26 Å². The van der Waals surface area contributed by atoms with Crippen LogP contribution >= 0.6 is 0 Å². The Morgan fingerprint density at radius 2 is 1.43 bits per heavy atom. The van der Waals surface area contributed by atoms with Crippen molar-refractivity contribution in [3.63, 3.8) is 0 Å². The fourth-order valence-electron chi connectivity index (χ4n) is 2.54. The molecule has 2 aromatic carbocycles. The number of hydrogen-bond acceptors (Lipinski definition) is 3. The van der Waals surface area contributed by atoms with Crippen molar-refractivity contribution in [2.24, 2.45) is 0 Å². The summed E-state index contributed by atoms with van der Waals surface area (Å²) in [5, 5.41) is 12.8. The van der Waals surface area contributed by atoms with E-state index in [1.165, 1.54) is 0 Å². The normalized spacial score (nSPS) is 10.3. The SMILES string of the molecule is Cc1ccc(C#N)c(NC(c2ccccc2)c2ccccc2)n1. The van der Waals surface area contributed by atoms with Gasteiger partial charge in [0.05, 0.1) is 11.6 Å². The maximum atomic E-state index is 9.33. The van der Waals surface area contributed by atoms with Crippen LogP contribution in [0, 0.1) is 18.3 Å². The van der Waals surface area contributed by atoms with Crippen LogP contribution in [0.5, 0.6) is 0 Å². The smallest absolute Gasteiger partial charge is 0.144 e. The van der Waals surface area contributed by atoms with Gasteiger partial charge in [0.1, 0.15) is 11.9 Å². The number of rotatable bonds is 4. The highest BCUT2D eigenvalue weighted by Crippen LogP contribution is 2.27. The summed E-state index contributed by atoms with van der Waals surface area (Å²) >= 11 is 0. The van der Waals surface area contributed by atoms with E-state index in [4.69, 9.17) is 0 Å². The molecule has 1 aromatic heterocycles. The average Bonchev–Trinajstić information content (AvgIpc) is 2.61. The summed E-state index contributed by atoms with van der Waals surface area (Å²) < 4.78 is 0. The highest BCUT2D eigenvalue weighted by atomic mass is 15.0. The zero-order chi connectivity index (χ0) is 16.1. The fraction of sp³-hybridized carbons (Fsp3) is 0.100. The van der Waals surface area contributed by atoms with Gasteiger partial charge in [-0.05, 0) is 30.2 Å². The van der Waals surface area contributed by atoms with Gasteiger partial charge in [-0.25, -0.2) is 4.98 Å². The Hall–Kier alpha value is -3.12. The summed E-state index contributed by atoms with van der Waals surface area (Å²) in [4.78, 5) is 4.50. The van der Waals surface area contributed by atoms with Gasteiger partial charge in [-0.2, -0.15) is 5.26 Å². The number of hydrogen-bond donors (Lipinski definition) is 1. The van der Waals surface area contributed by atoms with Gasteiger partial charge in [-0.3, -0.25) is 0 Å². The number of aryl methyl sites for hydroxylation is 1. The molecule has 0 aliphatic carbocycles. The van der Waals surface area contributed by atoms with Crippen molar-refractivity contribution in [1.29, 1.82) is 5.26 Å². The zero-order valence-corrected chi connectivity index (χ0v) is 12.9. The predicted octanol–water partition coefficient (Wildman–Crippen LogP) is 4.46. The lowest BCUT2D eigenvalue weighted by molar-refractivity contribution is 0.921. The van der Waals surface area contributed by atoms with Crippen LogP contribution in [0.2, 0.25) is 0 Å². The lowest BCUT2D eigenvalue weighted by Gasteiger charge is -2.21. The second-order valence-electron chi connectivity index (χ2n) is 5.36. The third kappa shape index (κ3) is 3.38. The largest absolute Gasteiger partial charge is 0.358 e. The number of nitriles is 1. The van der Waals surface area contributed by atoms with Gasteiger partial charge in [-0.15, -0.1) is 0 Å². The van der Waals surface area contributed by atoms with Crippen LogP contribution in [0.25, 0.3) is 0 Å². The number of nitrogens with zero attached hydrogens (tertiary/aromatic N) is 2. The van der Waals surface area contributed by atoms with Gasteiger partial charge in [-0.1, -0.05) is 60.7 Å². The molecule has 0 aliphatic rings. The fourth-order valence-corrected chi connectivity index (χ4v) is 2.54. The molecule has 0 atom stereocenters. The van der Waals surface area contributed by atoms with E-state index < -0.39 is 0 Å². The van der Waals surface area contributed by atoms with E-state index in [2.05, 4.69) is 40.6 Å². The van der Waals surface area contributed by atoms with E-state index >= 15 is 0 Å². The third-order valence-electron chi connectivity index (χ3n) is 3.70. The lowest BCUT2D eigenvalue weighted by atomic mass is 9.98. The molecule has 0 unspecified atom stereocenters. The van der Waals surface area contributed by atoms with Gasteiger partial charge in [0.15, 0.2) is 0 Å². The molecular formula is C20H17N3. The molecule has 0 saturated carbocycles. The molecule has 0 bridgehead atoms. The van der Waals surface area contributed by atoms with Gasteiger partial charge in [0.2, 0.25) is 0 Å².